The lowest BCUT2D eigenvalue weighted by Gasteiger charge is -2.08. The van der Waals surface area contributed by atoms with Crippen molar-refractivity contribution < 1.29 is 0 Å². The summed E-state index contributed by atoms with van der Waals surface area (Å²) in [4.78, 5) is 4.33. The molecule has 2 heterocycles. The average molecular weight is 330 g/mol. The third kappa shape index (κ3) is 3.03. The van der Waals surface area contributed by atoms with Crippen molar-refractivity contribution in [3.05, 3.63) is 65.4 Å². The van der Waals surface area contributed by atoms with Crippen LogP contribution < -0.4 is 5.32 Å². The van der Waals surface area contributed by atoms with E-state index >= 15 is 0 Å². The Bertz CT molecular complexity index is 679. The molecule has 3 aromatic rings. The first-order chi connectivity index (χ1) is 9.81. The van der Waals surface area contributed by atoms with Gasteiger partial charge in [-0.05, 0) is 46.3 Å². The van der Waals surface area contributed by atoms with Crippen LogP contribution in [0.3, 0.4) is 0 Å². The molecule has 2 aromatic heterocycles. The first-order valence-electron chi connectivity index (χ1n) is 6.11. The zero-order valence-corrected chi connectivity index (χ0v) is 12.2. The maximum Gasteiger partial charge on any atom is 0.123 e. The molecule has 0 radical (unpaired) electrons. The molecule has 0 aliphatic carbocycles. The Labute approximate surface area is 124 Å². The molecule has 0 aliphatic heterocycles. The van der Waals surface area contributed by atoms with Crippen molar-refractivity contribution in [2.45, 2.75) is 6.54 Å². The number of nitrogens with one attached hydrogen (secondary N) is 1. The summed E-state index contributed by atoms with van der Waals surface area (Å²) in [5, 5.41) is 11.0. The Morgan fingerprint density at radius 2 is 1.95 bits per heavy atom. The quantitative estimate of drug-likeness (QED) is 0.799. The zero-order chi connectivity index (χ0) is 13.8. The summed E-state index contributed by atoms with van der Waals surface area (Å²) in [7, 11) is 0. The molecule has 0 atom stereocenters. The predicted octanol–water partition coefficient (Wildman–Crippen LogP) is 3.04. The van der Waals surface area contributed by atoms with Gasteiger partial charge in [0.15, 0.2) is 0 Å². The number of nitrogens with zero attached hydrogens (tertiary/aromatic N) is 4. The summed E-state index contributed by atoms with van der Waals surface area (Å²) in [5.41, 5.74) is 3.03. The molecule has 1 N–H and O–H groups in total. The molecular formula is C14H12BrN5. The van der Waals surface area contributed by atoms with Gasteiger partial charge < -0.3 is 5.32 Å². The van der Waals surface area contributed by atoms with Crippen molar-refractivity contribution in [2.24, 2.45) is 0 Å². The van der Waals surface area contributed by atoms with Crippen LogP contribution in [0.5, 0.6) is 0 Å². The van der Waals surface area contributed by atoms with E-state index in [9.17, 15) is 0 Å². The van der Waals surface area contributed by atoms with Gasteiger partial charge in [0.2, 0.25) is 0 Å². The summed E-state index contributed by atoms with van der Waals surface area (Å²) >= 11 is 3.38. The van der Waals surface area contributed by atoms with Crippen LogP contribution in [-0.2, 0) is 6.54 Å². The van der Waals surface area contributed by atoms with E-state index in [0.29, 0.717) is 6.54 Å². The second kappa shape index (κ2) is 5.83. The molecule has 0 aliphatic rings. The maximum atomic E-state index is 4.33. The zero-order valence-electron chi connectivity index (χ0n) is 10.6. The molecule has 0 spiro atoms. The van der Waals surface area contributed by atoms with Crippen molar-refractivity contribution in [1.29, 1.82) is 0 Å². The number of hydrogen-bond donors (Lipinski definition) is 1. The Morgan fingerprint density at radius 3 is 2.70 bits per heavy atom. The molecule has 0 unspecified atom stereocenters. The molecule has 0 saturated carbocycles. The highest BCUT2D eigenvalue weighted by atomic mass is 79.9. The van der Waals surface area contributed by atoms with Crippen molar-refractivity contribution in [3.8, 4) is 5.69 Å². The molecule has 3 rings (SSSR count). The summed E-state index contributed by atoms with van der Waals surface area (Å²) in [6, 6.07) is 12.0. The third-order valence-corrected chi connectivity index (χ3v) is 3.29. The van der Waals surface area contributed by atoms with Crippen molar-refractivity contribution in [2.75, 3.05) is 5.32 Å². The van der Waals surface area contributed by atoms with E-state index in [2.05, 4.69) is 36.4 Å². The largest absolute Gasteiger partial charge is 0.379 e. The number of anilines is 1. The van der Waals surface area contributed by atoms with E-state index < -0.39 is 0 Å². The summed E-state index contributed by atoms with van der Waals surface area (Å²) < 4.78 is 2.85. The van der Waals surface area contributed by atoms with Gasteiger partial charge in [0.25, 0.3) is 0 Å². The second-order valence-corrected chi connectivity index (χ2v) is 5.16. The fourth-order valence-corrected chi connectivity index (χ4v) is 2.05. The molecule has 20 heavy (non-hydrogen) atoms. The van der Waals surface area contributed by atoms with Gasteiger partial charge in [-0.2, -0.15) is 0 Å². The maximum absolute atomic E-state index is 4.33. The average Bonchev–Trinajstić information content (AvgIpc) is 3.01. The van der Waals surface area contributed by atoms with E-state index in [1.54, 1.807) is 18.9 Å². The van der Waals surface area contributed by atoms with Crippen LogP contribution in [0, 0.1) is 0 Å². The SMILES string of the molecule is Brc1ccc(CNc2cccc(-n3cnnc3)c2)nc1. The Morgan fingerprint density at radius 1 is 1.10 bits per heavy atom. The lowest BCUT2D eigenvalue weighted by Crippen LogP contribution is -2.02. The van der Waals surface area contributed by atoms with Crippen LogP contribution in [0.2, 0.25) is 0 Å². The van der Waals surface area contributed by atoms with Crippen molar-refractivity contribution in [1.82, 2.24) is 19.7 Å². The van der Waals surface area contributed by atoms with Crippen LogP contribution in [0.15, 0.2) is 59.7 Å². The normalized spacial score (nSPS) is 10.4. The number of aromatic nitrogens is 4. The molecule has 0 bridgehead atoms. The van der Waals surface area contributed by atoms with Crippen molar-refractivity contribution in [3.63, 3.8) is 0 Å². The highest BCUT2D eigenvalue weighted by Gasteiger charge is 1.99. The lowest BCUT2D eigenvalue weighted by molar-refractivity contribution is 1.03. The van der Waals surface area contributed by atoms with E-state index in [4.69, 9.17) is 0 Å². The molecule has 0 amide bonds. The molecule has 1 aromatic carbocycles. The standard InChI is InChI=1S/C14H12BrN5/c15-11-4-5-13(16-7-11)8-17-12-2-1-3-14(6-12)20-9-18-19-10-20/h1-7,9-10,17H,8H2. The minimum atomic E-state index is 0.679. The Balaban J connectivity index is 1.72. The number of rotatable bonds is 4. The number of hydrogen-bond acceptors (Lipinski definition) is 4. The minimum Gasteiger partial charge on any atom is -0.379 e. The van der Waals surface area contributed by atoms with Gasteiger partial charge in [0.05, 0.1) is 17.9 Å². The highest BCUT2D eigenvalue weighted by molar-refractivity contribution is 9.10. The second-order valence-electron chi connectivity index (χ2n) is 4.24. The topological polar surface area (TPSA) is 55.6 Å². The van der Waals surface area contributed by atoms with Crippen molar-refractivity contribution >= 4 is 21.6 Å². The molecule has 100 valence electrons. The molecule has 0 fully saturated rings. The van der Waals surface area contributed by atoms with E-state index in [-0.39, 0.29) is 0 Å². The Hall–Kier alpha value is -2.21. The summed E-state index contributed by atoms with van der Waals surface area (Å²) in [6.07, 6.45) is 5.15. The van der Waals surface area contributed by atoms with Gasteiger partial charge in [0, 0.05) is 16.4 Å². The first-order valence-corrected chi connectivity index (χ1v) is 6.90. The van der Waals surface area contributed by atoms with Crippen LogP contribution >= 0.6 is 15.9 Å². The van der Waals surface area contributed by atoms with Gasteiger partial charge in [-0.25, -0.2) is 0 Å². The fourth-order valence-electron chi connectivity index (χ4n) is 1.81. The number of halogens is 1. The lowest BCUT2D eigenvalue weighted by atomic mass is 10.2. The highest BCUT2D eigenvalue weighted by Crippen LogP contribution is 2.15. The van der Waals surface area contributed by atoms with E-state index in [0.717, 1.165) is 21.5 Å². The number of pyridine rings is 1. The van der Waals surface area contributed by atoms with Gasteiger partial charge in [-0.3, -0.25) is 9.55 Å². The van der Waals surface area contributed by atoms with E-state index in [1.807, 2.05) is 41.0 Å². The monoisotopic (exact) mass is 329 g/mol. The molecule has 5 nitrogen and oxygen atoms in total. The van der Waals surface area contributed by atoms with Gasteiger partial charge in [-0.15, -0.1) is 10.2 Å². The fraction of sp³-hybridized carbons (Fsp3) is 0.0714. The Kier molecular flexibility index (Phi) is 3.73. The number of benzene rings is 1. The van der Waals surface area contributed by atoms with Crippen LogP contribution in [0.1, 0.15) is 5.69 Å². The smallest absolute Gasteiger partial charge is 0.123 e. The molecule has 0 saturated heterocycles. The van der Waals surface area contributed by atoms with Gasteiger partial charge in [0.1, 0.15) is 12.7 Å². The van der Waals surface area contributed by atoms with Crippen LogP contribution in [0.25, 0.3) is 5.69 Å². The minimum absolute atomic E-state index is 0.679. The van der Waals surface area contributed by atoms with E-state index in [1.165, 1.54) is 0 Å². The third-order valence-electron chi connectivity index (χ3n) is 2.83. The molecule has 6 heteroatoms. The van der Waals surface area contributed by atoms with Crippen LogP contribution in [0.4, 0.5) is 5.69 Å². The first kappa shape index (κ1) is 12.8. The molecular weight excluding hydrogens is 318 g/mol. The summed E-state index contributed by atoms with van der Waals surface area (Å²) in [6.45, 7) is 0.679. The summed E-state index contributed by atoms with van der Waals surface area (Å²) in [5.74, 6) is 0. The van der Waals surface area contributed by atoms with Gasteiger partial charge >= 0.3 is 0 Å². The predicted molar refractivity (Wildman–Crippen MR) is 80.6 cm³/mol. The van der Waals surface area contributed by atoms with Gasteiger partial charge in [-0.1, -0.05) is 6.07 Å². The van der Waals surface area contributed by atoms with Crippen LogP contribution in [-0.4, -0.2) is 19.7 Å².